The lowest BCUT2D eigenvalue weighted by Gasteiger charge is -2.30. The molecule has 7 heteroatoms. The van der Waals surface area contributed by atoms with Crippen LogP contribution in [-0.2, 0) is 9.53 Å². The lowest BCUT2D eigenvalue weighted by atomic mass is 10.1. The van der Waals surface area contributed by atoms with Crippen LogP contribution in [-0.4, -0.2) is 59.1 Å². The van der Waals surface area contributed by atoms with E-state index in [4.69, 9.17) is 4.74 Å². The van der Waals surface area contributed by atoms with Crippen LogP contribution in [0.3, 0.4) is 0 Å². The summed E-state index contributed by atoms with van der Waals surface area (Å²) in [4.78, 5) is 38.3. The first kappa shape index (κ1) is 14.6. The van der Waals surface area contributed by atoms with Gasteiger partial charge in [0.15, 0.2) is 0 Å². The third-order valence-corrected chi connectivity index (χ3v) is 3.49. The summed E-state index contributed by atoms with van der Waals surface area (Å²) in [6.45, 7) is 5.94. The Hall–Kier alpha value is -1.79. The zero-order chi connectivity index (χ0) is 15.1. The van der Waals surface area contributed by atoms with Gasteiger partial charge in [0.05, 0.1) is 6.04 Å². The molecule has 0 aromatic heterocycles. The lowest BCUT2D eigenvalue weighted by molar-refractivity contribution is -0.127. The summed E-state index contributed by atoms with van der Waals surface area (Å²) in [7, 11) is 1.43. The van der Waals surface area contributed by atoms with E-state index >= 15 is 0 Å². The van der Waals surface area contributed by atoms with E-state index in [-0.39, 0.29) is 11.9 Å². The normalized spacial score (nSPS) is 27.0. The maximum absolute atomic E-state index is 12.2. The molecule has 4 amide bonds. The molecule has 2 rings (SSSR count). The fourth-order valence-corrected chi connectivity index (χ4v) is 2.55. The van der Waals surface area contributed by atoms with Crippen molar-refractivity contribution in [2.24, 2.45) is 0 Å². The van der Waals surface area contributed by atoms with Gasteiger partial charge in [-0.05, 0) is 33.6 Å². The van der Waals surface area contributed by atoms with Gasteiger partial charge in [-0.25, -0.2) is 9.59 Å². The van der Waals surface area contributed by atoms with Crippen molar-refractivity contribution < 1.29 is 19.1 Å². The second-order valence-corrected chi connectivity index (χ2v) is 6.21. The molecule has 0 spiro atoms. The summed E-state index contributed by atoms with van der Waals surface area (Å²) in [5.74, 6) is -0.296. The molecular weight excluding hydrogens is 262 g/mol. The zero-order valence-corrected chi connectivity index (χ0v) is 12.3. The molecule has 2 aliphatic heterocycles. The van der Waals surface area contributed by atoms with Gasteiger partial charge >= 0.3 is 12.1 Å². The number of likely N-dealkylation sites (tertiary alicyclic amines) is 1. The molecule has 2 saturated heterocycles. The summed E-state index contributed by atoms with van der Waals surface area (Å²) in [6.07, 6.45) is 1.05. The Balaban J connectivity index is 2.10. The number of hydrogen-bond acceptors (Lipinski definition) is 4. The maximum atomic E-state index is 12.2. The first-order chi connectivity index (χ1) is 9.20. The van der Waals surface area contributed by atoms with Crippen LogP contribution in [0.25, 0.3) is 0 Å². The third-order valence-electron chi connectivity index (χ3n) is 3.49. The second-order valence-electron chi connectivity index (χ2n) is 6.21. The molecule has 0 radical (unpaired) electrons. The molecule has 0 aromatic rings. The lowest BCUT2D eigenvalue weighted by Crippen LogP contribution is -2.51. The van der Waals surface area contributed by atoms with E-state index in [9.17, 15) is 14.4 Å². The van der Waals surface area contributed by atoms with Crippen LogP contribution in [0.15, 0.2) is 0 Å². The van der Waals surface area contributed by atoms with E-state index < -0.39 is 23.8 Å². The highest BCUT2D eigenvalue weighted by Gasteiger charge is 2.46. The number of carbonyl (C=O) groups is 3. The van der Waals surface area contributed by atoms with Crippen molar-refractivity contribution >= 4 is 18.0 Å². The Morgan fingerprint density at radius 3 is 2.50 bits per heavy atom. The maximum Gasteiger partial charge on any atom is 0.410 e. The second kappa shape index (κ2) is 4.96. The Bertz CT molecular complexity index is 443. The van der Waals surface area contributed by atoms with E-state index in [2.05, 4.69) is 5.32 Å². The fraction of sp³-hybridized carbons (Fsp3) is 0.769. The van der Waals surface area contributed by atoms with Crippen molar-refractivity contribution in [1.29, 1.82) is 0 Å². The van der Waals surface area contributed by atoms with Gasteiger partial charge in [-0.15, -0.1) is 0 Å². The molecule has 2 aliphatic rings. The van der Waals surface area contributed by atoms with Crippen LogP contribution < -0.4 is 5.32 Å². The molecule has 0 bridgehead atoms. The van der Waals surface area contributed by atoms with Gasteiger partial charge in [-0.3, -0.25) is 9.69 Å². The van der Waals surface area contributed by atoms with Crippen molar-refractivity contribution in [3.8, 4) is 0 Å². The van der Waals surface area contributed by atoms with Crippen LogP contribution in [0.1, 0.15) is 33.6 Å². The van der Waals surface area contributed by atoms with Crippen molar-refractivity contribution in [3.05, 3.63) is 0 Å². The SMILES string of the molecule is CN1C(=O)N[C@H]([C@H]2CCCN2C(=O)OC(C)(C)C)C1=O. The molecule has 2 heterocycles. The minimum Gasteiger partial charge on any atom is -0.444 e. The predicted molar refractivity (Wildman–Crippen MR) is 71.1 cm³/mol. The van der Waals surface area contributed by atoms with Gasteiger partial charge in [-0.1, -0.05) is 0 Å². The minimum absolute atomic E-state index is 0.296. The summed E-state index contributed by atoms with van der Waals surface area (Å²) in [6, 6.07) is -1.41. The highest BCUT2D eigenvalue weighted by Crippen LogP contribution is 2.25. The Kier molecular flexibility index (Phi) is 3.62. The molecule has 1 N–H and O–H groups in total. The number of urea groups is 1. The molecule has 0 aliphatic carbocycles. The quantitative estimate of drug-likeness (QED) is 0.726. The number of ether oxygens (including phenoxy) is 1. The number of nitrogens with one attached hydrogen (secondary N) is 1. The molecule has 20 heavy (non-hydrogen) atoms. The molecule has 112 valence electrons. The van der Waals surface area contributed by atoms with E-state index in [1.54, 1.807) is 25.7 Å². The molecule has 7 nitrogen and oxygen atoms in total. The number of carbonyl (C=O) groups excluding carboxylic acids is 3. The topological polar surface area (TPSA) is 79.0 Å². The van der Waals surface area contributed by atoms with Crippen molar-refractivity contribution in [2.45, 2.75) is 51.3 Å². The first-order valence-electron chi connectivity index (χ1n) is 6.78. The molecule has 2 fully saturated rings. The average molecular weight is 283 g/mol. The number of rotatable bonds is 1. The number of hydrogen-bond donors (Lipinski definition) is 1. The van der Waals surface area contributed by atoms with Crippen LogP contribution in [0.2, 0.25) is 0 Å². The van der Waals surface area contributed by atoms with E-state index in [1.807, 2.05) is 0 Å². The Morgan fingerprint density at radius 1 is 1.35 bits per heavy atom. The summed E-state index contributed by atoms with van der Waals surface area (Å²) in [5.41, 5.74) is -0.579. The first-order valence-corrected chi connectivity index (χ1v) is 6.78. The Labute approximate surface area is 118 Å². The molecular formula is C13H21N3O4. The zero-order valence-electron chi connectivity index (χ0n) is 12.3. The van der Waals surface area contributed by atoms with Gasteiger partial charge in [0.2, 0.25) is 0 Å². The fourth-order valence-electron chi connectivity index (χ4n) is 2.55. The number of amides is 4. The average Bonchev–Trinajstić information content (AvgIpc) is 2.88. The Morgan fingerprint density at radius 2 is 2.00 bits per heavy atom. The van der Waals surface area contributed by atoms with Crippen LogP contribution in [0.5, 0.6) is 0 Å². The molecule has 0 unspecified atom stereocenters. The van der Waals surface area contributed by atoms with Gasteiger partial charge in [0.1, 0.15) is 11.6 Å². The van der Waals surface area contributed by atoms with E-state index in [0.29, 0.717) is 13.0 Å². The van der Waals surface area contributed by atoms with E-state index in [1.165, 1.54) is 7.05 Å². The number of nitrogens with zero attached hydrogens (tertiary/aromatic N) is 2. The van der Waals surface area contributed by atoms with Crippen LogP contribution >= 0.6 is 0 Å². The predicted octanol–water partition coefficient (Wildman–Crippen LogP) is 0.936. The van der Waals surface area contributed by atoms with Crippen molar-refractivity contribution in [2.75, 3.05) is 13.6 Å². The van der Waals surface area contributed by atoms with Gasteiger partial charge in [-0.2, -0.15) is 0 Å². The number of imide groups is 1. The van der Waals surface area contributed by atoms with Crippen LogP contribution in [0.4, 0.5) is 9.59 Å². The summed E-state index contributed by atoms with van der Waals surface area (Å²) < 4.78 is 5.35. The van der Waals surface area contributed by atoms with Crippen molar-refractivity contribution in [3.63, 3.8) is 0 Å². The summed E-state index contributed by atoms with van der Waals surface area (Å²) in [5, 5.41) is 2.63. The van der Waals surface area contributed by atoms with Gasteiger partial charge in [0.25, 0.3) is 5.91 Å². The largest absolute Gasteiger partial charge is 0.444 e. The highest BCUT2D eigenvalue weighted by atomic mass is 16.6. The highest BCUT2D eigenvalue weighted by molar-refractivity contribution is 6.04. The standard InChI is InChI=1S/C13H21N3O4/c1-13(2,3)20-12(19)16-7-5-6-8(16)9-10(17)15(4)11(18)14-9/h8-9H,5-7H2,1-4H3,(H,14,18)/t8-,9-/m1/s1. The smallest absolute Gasteiger partial charge is 0.410 e. The van der Waals surface area contributed by atoms with Crippen LogP contribution in [0, 0.1) is 0 Å². The summed E-state index contributed by atoms with van der Waals surface area (Å²) >= 11 is 0. The van der Waals surface area contributed by atoms with Gasteiger partial charge in [0, 0.05) is 13.6 Å². The molecule has 0 aromatic carbocycles. The van der Waals surface area contributed by atoms with Crippen molar-refractivity contribution in [1.82, 2.24) is 15.1 Å². The van der Waals surface area contributed by atoms with Gasteiger partial charge < -0.3 is 15.0 Å². The molecule has 2 atom stereocenters. The number of likely N-dealkylation sites (N-methyl/N-ethyl adjacent to an activating group) is 1. The minimum atomic E-state index is -0.664. The molecule has 0 saturated carbocycles. The van der Waals surface area contributed by atoms with E-state index in [0.717, 1.165) is 11.3 Å². The monoisotopic (exact) mass is 283 g/mol. The third kappa shape index (κ3) is 2.71.